The van der Waals surface area contributed by atoms with E-state index < -0.39 is 38.0 Å². The molecule has 0 unspecified atom stereocenters. The molecule has 2 aromatic carbocycles. The summed E-state index contributed by atoms with van der Waals surface area (Å²) < 4.78 is 53.8. The number of rotatable bonds is 3. The Kier molecular flexibility index (Phi) is 5.12. The summed E-state index contributed by atoms with van der Waals surface area (Å²) in [4.78, 5) is 28.3. The molecule has 4 rings (SSSR count). The molecule has 0 saturated carbocycles. The van der Waals surface area contributed by atoms with Gasteiger partial charge in [-0.05, 0) is 24.3 Å². The van der Waals surface area contributed by atoms with Crippen LogP contribution in [-0.4, -0.2) is 54.7 Å². The van der Waals surface area contributed by atoms with Crippen LogP contribution in [0.3, 0.4) is 0 Å². The number of pyridine rings is 1. The maximum absolute atomic E-state index is 14.0. The Morgan fingerprint density at radius 2 is 1.67 bits per heavy atom. The average Bonchev–Trinajstić information content (AvgIpc) is 2.74. The number of hydrogen-bond donors (Lipinski definition) is 1. The number of piperazine rings is 1. The van der Waals surface area contributed by atoms with E-state index in [4.69, 9.17) is 0 Å². The molecule has 1 fully saturated rings. The third-order valence-electron chi connectivity index (χ3n) is 5.02. The monoisotopic (exact) mass is 433 g/mol. The first kappa shape index (κ1) is 20.2. The van der Waals surface area contributed by atoms with E-state index in [9.17, 15) is 26.8 Å². The molecule has 0 radical (unpaired) electrons. The van der Waals surface area contributed by atoms with Gasteiger partial charge in [-0.2, -0.15) is 4.31 Å². The van der Waals surface area contributed by atoms with Crippen molar-refractivity contribution in [3.63, 3.8) is 0 Å². The summed E-state index contributed by atoms with van der Waals surface area (Å²) in [6.45, 7) is -0.0530. The van der Waals surface area contributed by atoms with Crippen LogP contribution in [0.15, 0.2) is 58.2 Å². The van der Waals surface area contributed by atoms with Crippen LogP contribution >= 0.6 is 0 Å². The lowest BCUT2D eigenvalue weighted by Gasteiger charge is -2.34. The van der Waals surface area contributed by atoms with Crippen LogP contribution < -0.4 is 5.56 Å². The quantitative estimate of drug-likeness (QED) is 0.684. The molecule has 1 aliphatic heterocycles. The smallest absolute Gasteiger partial charge is 0.254 e. The van der Waals surface area contributed by atoms with Crippen molar-refractivity contribution in [3.8, 4) is 0 Å². The van der Waals surface area contributed by atoms with Crippen molar-refractivity contribution in [1.82, 2.24) is 14.2 Å². The summed E-state index contributed by atoms with van der Waals surface area (Å²) in [6.07, 6.45) is 0. The average molecular weight is 433 g/mol. The normalized spacial score (nSPS) is 15.5. The summed E-state index contributed by atoms with van der Waals surface area (Å²) in [5.41, 5.74) is 0.331. The molecule has 7 nitrogen and oxygen atoms in total. The molecular formula is C20H17F2N3O4S. The summed E-state index contributed by atoms with van der Waals surface area (Å²) in [7, 11) is -4.24. The van der Waals surface area contributed by atoms with Crippen molar-refractivity contribution in [1.29, 1.82) is 0 Å². The predicted molar refractivity (Wildman–Crippen MR) is 106 cm³/mol. The first-order valence-corrected chi connectivity index (χ1v) is 10.6. The number of amides is 1. The van der Waals surface area contributed by atoms with E-state index in [1.165, 1.54) is 11.0 Å². The number of sulfonamides is 1. The molecule has 10 heteroatoms. The van der Waals surface area contributed by atoms with Crippen molar-refractivity contribution in [2.75, 3.05) is 26.2 Å². The molecule has 0 atom stereocenters. The van der Waals surface area contributed by atoms with Gasteiger partial charge < -0.3 is 9.88 Å². The van der Waals surface area contributed by atoms with Crippen molar-refractivity contribution < 1.29 is 22.0 Å². The van der Waals surface area contributed by atoms with E-state index in [1.807, 2.05) is 0 Å². The van der Waals surface area contributed by atoms with Gasteiger partial charge in [-0.3, -0.25) is 9.59 Å². The van der Waals surface area contributed by atoms with E-state index in [2.05, 4.69) is 4.98 Å². The number of aromatic amines is 1. The molecule has 0 aliphatic carbocycles. The number of hydrogen-bond acceptors (Lipinski definition) is 4. The number of nitrogens with zero attached hydrogens (tertiary/aromatic N) is 2. The highest BCUT2D eigenvalue weighted by molar-refractivity contribution is 7.89. The van der Waals surface area contributed by atoms with Gasteiger partial charge in [0.25, 0.3) is 5.91 Å². The summed E-state index contributed by atoms with van der Waals surface area (Å²) in [5.74, 6) is -2.29. The number of halogens is 2. The highest BCUT2D eigenvalue weighted by atomic mass is 32.2. The van der Waals surface area contributed by atoms with Crippen molar-refractivity contribution in [3.05, 3.63) is 76.1 Å². The zero-order chi connectivity index (χ0) is 21.5. The predicted octanol–water partition coefficient (Wildman–Crippen LogP) is 1.95. The van der Waals surface area contributed by atoms with Crippen LogP contribution in [0.1, 0.15) is 10.4 Å². The minimum atomic E-state index is -4.24. The second-order valence-corrected chi connectivity index (χ2v) is 8.77. The van der Waals surface area contributed by atoms with Gasteiger partial charge in [0.15, 0.2) is 0 Å². The Hall–Kier alpha value is -3.11. The Balaban J connectivity index is 1.56. The second kappa shape index (κ2) is 7.62. The second-order valence-electron chi connectivity index (χ2n) is 6.86. The fraction of sp³-hybridized carbons (Fsp3) is 0.200. The van der Waals surface area contributed by atoms with Crippen molar-refractivity contribution in [2.45, 2.75) is 4.90 Å². The number of aromatic nitrogens is 1. The molecule has 156 valence electrons. The third kappa shape index (κ3) is 3.59. The first-order valence-electron chi connectivity index (χ1n) is 9.14. The number of H-pyrrole nitrogens is 1. The van der Waals surface area contributed by atoms with Crippen LogP contribution in [-0.2, 0) is 10.0 Å². The minimum Gasteiger partial charge on any atom is -0.336 e. The molecule has 0 bridgehead atoms. The lowest BCUT2D eigenvalue weighted by atomic mass is 10.1. The molecule has 30 heavy (non-hydrogen) atoms. The van der Waals surface area contributed by atoms with E-state index in [-0.39, 0.29) is 31.7 Å². The topological polar surface area (TPSA) is 90.6 Å². The lowest BCUT2D eigenvalue weighted by molar-refractivity contribution is 0.0699. The fourth-order valence-electron chi connectivity index (χ4n) is 3.50. The number of carbonyl (C=O) groups is 1. The molecule has 1 aromatic heterocycles. The standard InChI is InChI=1S/C20H17F2N3O4S/c21-13-5-6-16(22)18(11-13)30(28,29)25-9-7-24(8-10-25)20(27)15-12-19(26)23-17-4-2-1-3-14(15)17/h1-6,11-12H,7-10H2,(H,23,26). The van der Waals surface area contributed by atoms with Gasteiger partial charge in [0.2, 0.25) is 15.6 Å². The van der Waals surface area contributed by atoms with Crippen LogP contribution in [0.5, 0.6) is 0 Å². The summed E-state index contributed by atoms with van der Waals surface area (Å²) in [6, 6.07) is 10.4. The van der Waals surface area contributed by atoms with Crippen LogP contribution in [0.2, 0.25) is 0 Å². The summed E-state index contributed by atoms with van der Waals surface area (Å²) in [5, 5.41) is 0.582. The number of fused-ring (bicyclic) bond motifs is 1. The maximum Gasteiger partial charge on any atom is 0.254 e. The van der Waals surface area contributed by atoms with Gasteiger partial charge in [0.1, 0.15) is 16.5 Å². The van der Waals surface area contributed by atoms with E-state index in [1.54, 1.807) is 24.3 Å². The van der Waals surface area contributed by atoms with Crippen LogP contribution in [0, 0.1) is 11.6 Å². The largest absolute Gasteiger partial charge is 0.336 e. The van der Waals surface area contributed by atoms with E-state index in [0.717, 1.165) is 16.4 Å². The number of nitrogens with one attached hydrogen (secondary N) is 1. The molecule has 1 N–H and O–H groups in total. The fourth-order valence-corrected chi connectivity index (χ4v) is 5.00. The Morgan fingerprint density at radius 3 is 2.40 bits per heavy atom. The van der Waals surface area contributed by atoms with Gasteiger partial charge in [0, 0.05) is 43.1 Å². The number of para-hydroxylation sites is 1. The van der Waals surface area contributed by atoms with Gasteiger partial charge in [0.05, 0.1) is 5.56 Å². The van der Waals surface area contributed by atoms with Crippen LogP contribution in [0.4, 0.5) is 8.78 Å². The first-order chi connectivity index (χ1) is 14.3. The molecule has 1 saturated heterocycles. The van der Waals surface area contributed by atoms with Crippen molar-refractivity contribution >= 4 is 26.8 Å². The third-order valence-corrected chi connectivity index (χ3v) is 6.93. The number of carbonyl (C=O) groups excluding carboxylic acids is 1. The molecule has 3 aromatic rings. The lowest BCUT2D eigenvalue weighted by Crippen LogP contribution is -2.50. The van der Waals surface area contributed by atoms with E-state index in [0.29, 0.717) is 17.0 Å². The SMILES string of the molecule is O=C(c1cc(=O)[nH]c2ccccc12)N1CCN(S(=O)(=O)c2cc(F)ccc2F)CC1. The highest BCUT2D eigenvalue weighted by Crippen LogP contribution is 2.23. The van der Waals surface area contributed by atoms with Gasteiger partial charge in [-0.1, -0.05) is 18.2 Å². The van der Waals surface area contributed by atoms with Gasteiger partial charge in [-0.25, -0.2) is 17.2 Å². The Morgan fingerprint density at radius 1 is 0.967 bits per heavy atom. The zero-order valence-electron chi connectivity index (χ0n) is 15.6. The van der Waals surface area contributed by atoms with Crippen LogP contribution in [0.25, 0.3) is 10.9 Å². The Bertz CT molecular complexity index is 1300. The highest BCUT2D eigenvalue weighted by Gasteiger charge is 2.33. The molecule has 1 amide bonds. The minimum absolute atomic E-state index is 0.0517. The van der Waals surface area contributed by atoms with Crippen molar-refractivity contribution in [2.24, 2.45) is 0 Å². The summed E-state index contributed by atoms with van der Waals surface area (Å²) >= 11 is 0. The maximum atomic E-state index is 14.0. The molecule has 1 aliphatic rings. The van der Waals surface area contributed by atoms with Gasteiger partial charge >= 0.3 is 0 Å². The molecular weight excluding hydrogens is 416 g/mol. The zero-order valence-corrected chi connectivity index (χ0v) is 16.5. The Labute approximate surface area is 170 Å². The molecule has 2 heterocycles. The van der Waals surface area contributed by atoms with Gasteiger partial charge in [-0.15, -0.1) is 0 Å². The molecule has 0 spiro atoms. The number of benzene rings is 2. The van der Waals surface area contributed by atoms with E-state index >= 15 is 0 Å².